The first kappa shape index (κ1) is 21.8. The van der Waals surface area contributed by atoms with Crippen molar-refractivity contribution in [2.45, 2.75) is 37.8 Å². The molecule has 0 spiro atoms. The van der Waals surface area contributed by atoms with E-state index in [1.807, 2.05) is 14.1 Å². The predicted molar refractivity (Wildman–Crippen MR) is 85.2 cm³/mol. The molecule has 2 aliphatic rings. The molecule has 0 aliphatic carbocycles. The summed E-state index contributed by atoms with van der Waals surface area (Å²) in [5.74, 6) is -2.22. The SMILES string of the molecule is CN(C)CCN.O=C1CC[C@@H](C(=O)O)N1.O=C1CC[C@@H](C(=O)O)N1. The van der Waals surface area contributed by atoms with Gasteiger partial charge in [-0.15, -0.1) is 0 Å². The fourth-order valence-corrected chi connectivity index (χ4v) is 1.86. The Morgan fingerprint density at radius 2 is 1.42 bits per heavy atom. The standard InChI is InChI=1S/2C5H7NO3.C4H12N2/c2*7-4-2-1-3(6-4)5(8)9;1-6(2)4-3-5/h2*3H,1-2H2,(H,6,7)(H,8,9);3-5H2,1-2H3/t2*3-;/m00./s1. The molecule has 10 nitrogen and oxygen atoms in total. The van der Waals surface area contributed by atoms with Gasteiger partial charge in [0.15, 0.2) is 0 Å². The van der Waals surface area contributed by atoms with E-state index in [0.29, 0.717) is 25.7 Å². The first-order valence-corrected chi connectivity index (χ1v) is 7.56. The first-order chi connectivity index (χ1) is 11.2. The van der Waals surface area contributed by atoms with E-state index in [4.69, 9.17) is 15.9 Å². The van der Waals surface area contributed by atoms with Gasteiger partial charge in [-0.2, -0.15) is 0 Å². The van der Waals surface area contributed by atoms with Crippen LogP contribution < -0.4 is 16.4 Å². The molecule has 2 rings (SSSR count). The van der Waals surface area contributed by atoms with Gasteiger partial charge in [0.2, 0.25) is 11.8 Å². The summed E-state index contributed by atoms with van der Waals surface area (Å²) in [4.78, 5) is 43.1. The van der Waals surface area contributed by atoms with Crippen LogP contribution >= 0.6 is 0 Å². The van der Waals surface area contributed by atoms with E-state index in [2.05, 4.69) is 15.5 Å². The quantitative estimate of drug-likeness (QED) is 0.398. The minimum Gasteiger partial charge on any atom is -0.480 e. The molecule has 0 aromatic carbocycles. The number of amides is 2. The van der Waals surface area contributed by atoms with Gasteiger partial charge in [0, 0.05) is 25.9 Å². The zero-order chi connectivity index (χ0) is 18.7. The Balaban J connectivity index is 0.000000340. The molecule has 10 heteroatoms. The third-order valence-electron chi connectivity index (χ3n) is 3.16. The molecule has 2 heterocycles. The molecular formula is C14H26N4O6. The number of nitrogens with two attached hydrogens (primary N) is 1. The van der Waals surface area contributed by atoms with E-state index in [0.717, 1.165) is 13.1 Å². The molecule has 0 unspecified atom stereocenters. The van der Waals surface area contributed by atoms with E-state index in [1.54, 1.807) is 0 Å². The predicted octanol–water partition coefficient (Wildman–Crippen LogP) is -1.79. The van der Waals surface area contributed by atoms with Crippen LogP contribution in [0.3, 0.4) is 0 Å². The summed E-state index contributed by atoms with van der Waals surface area (Å²) in [6, 6.07) is -1.28. The van der Waals surface area contributed by atoms with Gasteiger partial charge >= 0.3 is 11.9 Å². The number of nitrogens with one attached hydrogen (secondary N) is 2. The molecule has 0 bridgehead atoms. The summed E-state index contributed by atoms with van der Waals surface area (Å²) in [6.45, 7) is 1.74. The van der Waals surface area contributed by atoms with Crippen molar-refractivity contribution >= 4 is 23.8 Å². The molecule has 0 saturated carbocycles. The topological polar surface area (TPSA) is 162 Å². The van der Waals surface area contributed by atoms with Crippen molar-refractivity contribution in [3.63, 3.8) is 0 Å². The van der Waals surface area contributed by atoms with Crippen molar-refractivity contribution in [3.05, 3.63) is 0 Å². The van der Waals surface area contributed by atoms with Gasteiger partial charge in [-0.05, 0) is 26.9 Å². The van der Waals surface area contributed by atoms with Gasteiger partial charge in [-0.1, -0.05) is 0 Å². The maximum absolute atomic E-state index is 10.4. The molecule has 2 atom stereocenters. The highest BCUT2D eigenvalue weighted by molar-refractivity contribution is 5.87. The van der Waals surface area contributed by atoms with Crippen molar-refractivity contribution in [2.24, 2.45) is 5.73 Å². The highest BCUT2D eigenvalue weighted by Crippen LogP contribution is 2.05. The van der Waals surface area contributed by atoms with Gasteiger partial charge in [-0.25, -0.2) is 9.59 Å². The van der Waals surface area contributed by atoms with E-state index in [9.17, 15) is 19.2 Å². The number of carboxylic acids is 2. The van der Waals surface area contributed by atoms with E-state index >= 15 is 0 Å². The molecule has 6 N–H and O–H groups in total. The highest BCUT2D eigenvalue weighted by Gasteiger charge is 2.26. The normalized spacial score (nSPS) is 21.8. The van der Waals surface area contributed by atoms with Crippen LogP contribution in [0.15, 0.2) is 0 Å². The van der Waals surface area contributed by atoms with Crippen LogP contribution in [0.1, 0.15) is 25.7 Å². The van der Waals surface area contributed by atoms with Crippen LogP contribution in [0.5, 0.6) is 0 Å². The van der Waals surface area contributed by atoms with Crippen LogP contribution in [0.25, 0.3) is 0 Å². The second-order valence-corrected chi connectivity index (χ2v) is 5.59. The summed E-state index contributed by atoms with van der Waals surface area (Å²) in [5, 5.41) is 21.3. The summed E-state index contributed by atoms with van der Waals surface area (Å²) in [6.07, 6.45) is 1.54. The van der Waals surface area contributed by atoms with Crippen LogP contribution in [-0.4, -0.2) is 78.1 Å². The lowest BCUT2D eigenvalue weighted by molar-refractivity contribution is -0.140. The van der Waals surface area contributed by atoms with Crippen molar-refractivity contribution in [3.8, 4) is 0 Å². The van der Waals surface area contributed by atoms with E-state index in [-0.39, 0.29) is 11.8 Å². The molecule has 2 aliphatic heterocycles. The number of carbonyl (C=O) groups is 4. The Labute approximate surface area is 140 Å². The molecule has 2 saturated heterocycles. The third kappa shape index (κ3) is 9.74. The second kappa shape index (κ2) is 11.4. The molecule has 2 amide bonds. The van der Waals surface area contributed by atoms with E-state index < -0.39 is 24.0 Å². The Kier molecular flexibility index (Phi) is 10.3. The van der Waals surface area contributed by atoms with Gasteiger partial charge in [0.05, 0.1) is 0 Å². The van der Waals surface area contributed by atoms with Crippen molar-refractivity contribution in [1.82, 2.24) is 15.5 Å². The molecule has 0 aromatic heterocycles. The number of hydrogen-bond acceptors (Lipinski definition) is 6. The molecule has 24 heavy (non-hydrogen) atoms. The Morgan fingerprint density at radius 3 is 1.50 bits per heavy atom. The fourth-order valence-electron chi connectivity index (χ4n) is 1.86. The van der Waals surface area contributed by atoms with Crippen LogP contribution in [-0.2, 0) is 19.2 Å². The maximum Gasteiger partial charge on any atom is 0.326 e. The lowest BCUT2D eigenvalue weighted by Crippen LogP contribution is -2.32. The fraction of sp³-hybridized carbons (Fsp3) is 0.714. The Hall–Kier alpha value is -2.20. The Morgan fingerprint density at radius 1 is 1.04 bits per heavy atom. The first-order valence-electron chi connectivity index (χ1n) is 7.56. The molecule has 2 fully saturated rings. The van der Waals surface area contributed by atoms with Crippen molar-refractivity contribution in [1.29, 1.82) is 0 Å². The molecular weight excluding hydrogens is 320 g/mol. The highest BCUT2D eigenvalue weighted by atomic mass is 16.4. The second-order valence-electron chi connectivity index (χ2n) is 5.59. The minimum absolute atomic E-state index is 0.164. The molecule has 0 radical (unpaired) electrons. The number of carbonyl (C=O) groups excluding carboxylic acids is 2. The summed E-state index contributed by atoms with van der Waals surface area (Å²) < 4.78 is 0. The lowest BCUT2D eigenvalue weighted by Gasteiger charge is -2.03. The van der Waals surface area contributed by atoms with Gasteiger partial charge in [-0.3, -0.25) is 9.59 Å². The summed E-state index contributed by atoms with van der Waals surface area (Å²) in [7, 11) is 4.01. The number of hydrogen-bond donors (Lipinski definition) is 5. The minimum atomic E-state index is -0.944. The lowest BCUT2D eigenvalue weighted by atomic mass is 10.2. The molecule has 138 valence electrons. The smallest absolute Gasteiger partial charge is 0.326 e. The van der Waals surface area contributed by atoms with Crippen molar-refractivity contribution < 1.29 is 29.4 Å². The number of rotatable bonds is 4. The van der Waals surface area contributed by atoms with Crippen LogP contribution in [0.4, 0.5) is 0 Å². The van der Waals surface area contributed by atoms with Gasteiger partial charge < -0.3 is 31.5 Å². The number of carboxylic acid groups (broad SMARTS) is 2. The zero-order valence-electron chi connectivity index (χ0n) is 13.9. The number of nitrogens with zero attached hydrogens (tertiary/aromatic N) is 1. The Bertz CT molecular complexity index is 419. The maximum atomic E-state index is 10.4. The van der Waals surface area contributed by atoms with Crippen molar-refractivity contribution in [2.75, 3.05) is 27.2 Å². The van der Waals surface area contributed by atoms with E-state index in [1.165, 1.54) is 0 Å². The number of aliphatic carboxylic acids is 2. The average Bonchev–Trinajstić information content (AvgIpc) is 3.09. The average molecular weight is 346 g/mol. The van der Waals surface area contributed by atoms with Gasteiger partial charge in [0.1, 0.15) is 12.1 Å². The van der Waals surface area contributed by atoms with Crippen LogP contribution in [0.2, 0.25) is 0 Å². The monoisotopic (exact) mass is 346 g/mol. The molecule has 0 aromatic rings. The third-order valence-corrected chi connectivity index (χ3v) is 3.16. The van der Waals surface area contributed by atoms with Crippen LogP contribution in [0, 0.1) is 0 Å². The van der Waals surface area contributed by atoms with Gasteiger partial charge in [0.25, 0.3) is 0 Å². The summed E-state index contributed by atoms with van der Waals surface area (Å²) >= 11 is 0. The largest absolute Gasteiger partial charge is 0.480 e. The number of likely N-dealkylation sites (N-methyl/N-ethyl adjacent to an activating group) is 1. The summed E-state index contributed by atoms with van der Waals surface area (Å²) in [5.41, 5.74) is 5.19. The zero-order valence-corrected chi connectivity index (χ0v) is 13.9.